The highest BCUT2D eigenvalue weighted by atomic mass is 16.5. The Bertz CT molecular complexity index is 793. The summed E-state index contributed by atoms with van der Waals surface area (Å²) in [6.07, 6.45) is -0.700. The highest BCUT2D eigenvalue weighted by molar-refractivity contribution is 5.88. The Balaban J connectivity index is 1.76. The Morgan fingerprint density at radius 2 is 1.34 bits per heavy atom. The van der Waals surface area contributed by atoms with Crippen molar-refractivity contribution >= 4 is 18.0 Å². The molecular formula is C22H26N2O5. The average Bonchev–Trinajstić information content (AvgIpc) is 2.74. The van der Waals surface area contributed by atoms with E-state index in [1.54, 1.807) is 13.8 Å². The molecule has 154 valence electrons. The van der Waals surface area contributed by atoms with Crippen LogP contribution in [0.3, 0.4) is 0 Å². The summed E-state index contributed by atoms with van der Waals surface area (Å²) in [5.41, 5.74) is 1.70. The molecule has 0 aliphatic heterocycles. The molecule has 0 heterocycles. The third-order valence-corrected chi connectivity index (χ3v) is 4.08. The molecule has 29 heavy (non-hydrogen) atoms. The molecule has 0 aliphatic rings. The van der Waals surface area contributed by atoms with Crippen molar-refractivity contribution in [3.63, 3.8) is 0 Å². The first-order valence-electron chi connectivity index (χ1n) is 9.40. The Kier molecular flexibility index (Phi) is 8.69. The van der Waals surface area contributed by atoms with E-state index < -0.39 is 24.0 Å². The second kappa shape index (κ2) is 11.5. The van der Waals surface area contributed by atoms with Crippen LogP contribution in [-0.2, 0) is 32.3 Å². The monoisotopic (exact) mass is 398 g/mol. The van der Waals surface area contributed by atoms with E-state index in [-0.39, 0.29) is 25.7 Å². The molecule has 0 fully saturated rings. The number of hydrogen-bond acceptors (Lipinski definition) is 5. The number of ether oxygens (including phenoxy) is 2. The lowest BCUT2D eigenvalue weighted by Gasteiger charge is -2.21. The van der Waals surface area contributed by atoms with Crippen LogP contribution in [0.5, 0.6) is 0 Å². The minimum Gasteiger partial charge on any atom is -0.460 e. The summed E-state index contributed by atoms with van der Waals surface area (Å²) in [6.45, 7) is 3.53. The predicted octanol–water partition coefficient (Wildman–Crippen LogP) is 2.80. The van der Waals surface area contributed by atoms with E-state index in [0.717, 1.165) is 11.1 Å². The second-order valence-corrected chi connectivity index (χ2v) is 6.79. The van der Waals surface area contributed by atoms with Crippen molar-refractivity contribution in [1.29, 1.82) is 0 Å². The fourth-order valence-corrected chi connectivity index (χ4v) is 2.49. The van der Waals surface area contributed by atoms with Gasteiger partial charge in [0.05, 0.1) is 0 Å². The van der Waals surface area contributed by atoms with E-state index in [0.29, 0.717) is 0 Å². The predicted molar refractivity (Wildman–Crippen MR) is 108 cm³/mol. The van der Waals surface area contributed by atoms with Gasteiger partial charge in [-0.3, -0.25) is 9.59 Å². The van der Waals surface area contributed by atoms with Gasteiger partial charge in [-0.15, -0.1) is 0 Å². The second-order valence-electron chi connectivity index (χ2n) is 6.79. The van der Waals surface area contributed by atoms with Gasteiger partial charge in [-0.2, -0.15) is 0 Å². The van der Waals surface area contributed by atoms with Gasteiger partial charge in [-0.1, -0.05) is 74.5 Å². The number of esters is 1. The van der Waals surface area contributed by atoms with Gasteiger partial charge in [-0.25, -0.2) is 4.79 Å². The normalized spacial score (nSPS) is 11.4. The number of amides is 2. The van der Waals surface area contributed by atoms with Crippen molar-refractivity contribution in [2.24, 2.45) is 5.92 Å². The lowest BCUT2D eigenvalue weighted by Crippen LogP contribution is -2.50. The first-order valence-corrected chi connectivity index (χ1v) is 9.40. The summed E-state index contributed by atoms with van der Waals surface area (Å²) in [5.74, 6) is -1.23. The number of nitrogens with one attached hydrogen (secondary N) is 2. The van der Waals surface area contributed by atoms with Gasteiger partial charge in [0.15, 0.2) is 0 Å². The maximum atomic E-state index is 12.4. The SMILES string of the molecule is CC(C)C(NC(=O)OCc1ccccc1)C(=O)NCC(=O)OCc1ccccc1. The molecule has 2 N–H and O–H groups in total. The molecule has 1 atom stereocenters. The molecule has 0 aliphatic carbocycles. The van der Waals surface area contributed by atoms with Crippen LogP contribution in [0.15, 0.2) is 60.7 Å². The van der Waals surface area contributed by atoms with E-state index in [4.69, 9.17) is 9.47 Å². The molecule has 0 bridgehead atoms. The maximum Gasteiger partial charge on any atom is 0.408 e. The van der Waals surface area contributed by atoms with Crippen LogP contribution in [0.2, 0.25) is 0 Å². The molecule has 0 aromatic heterocycles. The molecule has 2 amide bonds. The van der Waals surface area contributed by atoms with Crippen molar-refractivity contribution in [2.75, 3.05) is 6.54 Å². The van der Waals surface area contributed by atoms with E-state index in [1.165, 1.54) is 0 Å². The largest absolute Gasteiger partial charge is 0.460 e. The lowest BCUT2D eigenvalue weighted by molar-refractivity contribution is -0.145. The summed E-state index contributed by atoms with van der Waals surface area (Å²) in [4.78, 5) is 36.3. The first-order chi connectivity index (χ1) is 14.0. The number of benzene rings is 2. The van der Waals surface area contributed by atoms with E-state index in [1.807, 2.05) is 60.7 Å². The summed E-state index contributed by atoms with van der Waals surface area (Å²) in [5, 5.41) is 5.04. The molecule has 2 aromatic rings. The van der Waals surface area contributed by atoms with Gasteiger partial charge in [0.2, 0.25) is 5.91 Å². The van der Waals surface area contributed by atoms with Gasteiger partial charge in [0.25, 0.3) is 0 Å². The summed E-state index contributed by atoms with van der Waals surface area (Å²) in [7, 11) is 0. The zero-order chi connectivity index (χ0) is 21.1. The van der Waals surface area contributed by atoms with Crippen LogP contribution in [-0.4, -0.2) is 30.6 Å². The third kappa shape index (κ3) is 8.04. The van der Waals surface area contributed by atoms with E-state index in [9.17, 15) is 14.4 Å². The van der Waals surface area contributed by atoms with Gasteiger partial charge in [0.1, 0.15) is 25.8 Å². The summed E-state index contributed by atoms with van der Waals surface area (Å²) >= 11 is 0. The number of carbonyl (C=O) groups is 3. The fraction of sp³-hybridized carbons (Fsp3) is 0.318. The van der Waals surface area contributed by atoms with Crippen LogP contribution < -0.4 is 10.6 Å². The summed E-state index contributed by atoms with van der Waals surface area (Å²) < 4.78 is 10.3. The molecule has 2 aromatic carbocycles. The lowest BCUT2D eigenvalue weighted by atomic mass is 10.0. The number of rotatable bonds is 9. The first kappa shape index (κ1) is 21.9. The Labute approximate surface area is 170 Å². The van der Waals surface area contributed by atoms with Crippen LogP contribution in [0.1, 0.15) is 25.0 Å². The highest BCUT2D eigenvalue weighted by Gasteiger charge is 2.25. The van der Waals surface area contributed by atoms with Gasteiger partial charge in [0, 0.05) is 0 Å². The molecule has 0 saturated heterocycles. The minimum absolute atomic E-state index is 0.102. The molecule has 0 radical (unpaired) electrons. The van der Waals surface area contributed by atoms with Gasteiger partial charge >= 0.3 is 12.1 Å². The van der Waals surface area contributed by atoms with E-state index in [2.05, 4.69) is 10.6 Å². The van der Waals surface area contributed by atoms with Gasteiger partial charge < -0.3 is 20.1 Å². The Morgan fingerprint density at radius 1 is 0.828 bits per heavy atom. The minimum atomic E-state index is -0.833. The molecule has 7 nitrogen and oxygen atoms in total. The molecule has 1 unspecified atom stereocenters. The average molecular weight is 398 g/mol. The van der Waals surface area contributed by atoms with Crippen molar-refractivity contribution in [2.45, 2.75) is 33.1 Å². The number of alkyl carbamates (subject to hydrolysis) is 1. The highest BCUT2D eigenvalue weighted by Crippen LogP contribution is 2.05. The van der Waals surface area contributed by atoms with Gasteiger partial charge in [-0.05, 0) is 17.0 Å². The quantitative estimate of drug-likeness (QED) is 0.634. The standard InChI is InChI=1S/C22H26N2O5/c1-16(2)20(24-22(27)29-15-18-11-7-4-8-12-18)21(26)23-13-19(25)28-14-17-9-5-3-6-10-17/h3-12,16,20H,13-15H2,1-2H3,(H,23,26)(H,24,27). The van der Waals surface area contributed by atoms with Crippen molar-refractivity contribution < 1.29 is 23.9 Å². The molecule has 0 spiro atoms. The Hall–Kier alpha value is -3.35. The van der Waals surface area contributed by atoms with E-state index >= 15 is 0 Å². The van der Waals surface area contributed by atoms with Crippen LogP contribution in [0.25, 0.3) is 0 Å². The fourth-order valence-electron chi connectivity index (χ4n) is 2.49. The van der Waals surface area contributed by atoms with Crippen LogP contribution >= 0.6 is 0 Å². The van der Waals surface area contributed by atoms with Crippen LogP contribution in [0, 0.1) is 5.92 Å². The number of carbonyl (C=O) groups excluding carboxylic acids is 3. The summed E-state index contributed by atoms with van der Waals surface area (Å²) in [6, 6.07) is 17.6. The van der Waals surface area contributed by atoms with Crippen LogP contribution in [0.4, 0.5) is 4.79 Å². The topological polar surface area (TPSA) is 93.7 Å². The number of hydrogen-bond donors (Lipinski definition) is 2. The molecule has 7 heteroatoms. The van der Waals surface area contributed by atoms with Crippen molar-refractivity contribution in [1.82, 2.24) is 10.6 Å². The molecular weight excluding hydrogens is 372 g/mol. The molecule has 2 rings (SSSR count). The zero-order valence-corrected chi connectivity index (χ0v) is 16.6. The smallest absolute Gasteiger partial charge is 0.408 e. The van der Waals surface area contributed by atoms with Crippen molar-refractivity contribution in [3.05, 3.63) is 71.8 Å². The van der Waals surface area contributed by atoms with Crippen molar-refractivity contribution in [3.8, 4) is 0 Å². The maximum absolute atomic E-state index is 12.4. The zero-order valence-electron chi connectivity index (χ0n) is 16.6. The molecule has 0 saturated carbocycles. The third-order valence-electron chi connectivity index (χ3n) is 4.08. The Morgan fingerprint density at radius 3 is 1.86 bits per heavy atom.